The summed E-state index contributed by atoms with van der Waals surface area (Å²) in [6.07, 6.45) is 0. The lowest BCUT2D eigenvalue weighted by Gasteiger charge is -2.22. The van der Waals surface area contributed by atoms with E-state index < -0.39 is 23.8 Å². The van der Waals surface area contributed by atoms with E-state index in [-0.39, 0.29) is 6.54 Å². The quantitative estimate of drug-likeness (QED) is 0.843. The van der Waals surface area contributed by atoms with E-state index in [0.29, 0.717) is 6.54 Å². The van der Waals surface area contributed by atoms with Crippen molar-refractivity contribution in [2.75, 3.05) is 13.7 Å². The third-order valence-electron chi connectivity index (χ3n) is 3.25. The van der Waals surface area contributed by atoms with Gasteiger partial charge in [-0.15, -0.1) is 0 Å². The van der Waals surface area contributed by atoms with Crippen LogP contribution < -0.4 is 5.32 Å². The van der Waals surface area contributed by atoms with Crippen LogP contribution in [-0.4, -0.2) is 36.5 Å². The molecule has 1 N–H and O–H groups in total. The third kappa shape index (κ3) is 5.20. The summed E-state index contributed by atoms with van der Waals surface area (Å²) < 4.78 is 4.60. The number of nitrogens with zero attached hydrogens (tertiary/aromatic N) is 1. The average molecular weight is 306 g/mol. The molecule has 120 valence electrons. The summed E-state index contributed by atoms with van der Waals surface area (Å²) in [5.74, 6) is -1.45. The number of benzene rings is 1. The van der Waals surface area contributed by atoms with Gasteiger partial charge in [0, 0.05) is 20.0 Å². The van der Waals surface area contributed by atoms with Crippen LogP contribution in [0.5, 0.6) is 0 Å². The first kappa shape index (κ1) is 17.7. The van der Waals surface area contributed by atoms with E-state index in [1.54, 1.807) is 6.92 Å². The molecule has 0 saturated carbocycles. The molecule has 0 aliphatic heterocycles. The highest BCUT2D eigenvalue weighted by Gasteiger charge is 2.24. The van der Waals surface area contributed by atoms with E-state index in [1.165, 1.54) is 14.0 Å². The van der Waals surface area contributed by atoms with Gasteiger partial charge >= 0.3 is 12.0 Å². The van der Waals surface area contributed by atoms with E-state index in [0.717, 1.165) is 16.0 Å². The fourth-order valence-corrected chi connectivity index (χ4v) is 1.88. The molecule has 0 saturated heterocycles. The number of esters is 1. The van der Waals surface area contributed by atoms with E-state index in [2.05, 4.69) is 10.1 Å². The first-order valence-electron chi connectivity index (χ1n) is 7.04. The number of carbonyl (C=O) groups excluding carboxylic acids is 3. The van der Waals surface area contributed by atoms with Gasteiger partial charge < -0.3 is 10.1 Å². The number of nitrogens with one attached hydrogen (secondary N) is 1. The molecule has 0 unspecified atom stereocenters. The van der Waals surface area contributed by atoms with Gasteiger partial charge in [0.2, 0.25) is 5.91 Å². The number of hydrogen-bond acceptors (Lipinski definition) is 4. The van der Waals surface area contributed by atoms with Crippen LogP contribution in [0.3, 0.4) is 0 Å². The molecule has 6 nitrogen and oxygen atoms in total. The molecule has 1 aromatic carbocycles. The highest BCUT2D eigenvalue weighted by atomic mass is 16.5. The number of methoxy groups -OCH3 is 1. The SMILES string of the molecule is COC(=O)[C@@H](C)CN(C(C)=O)C(=O)NCc1ccc(C)cc1. The largest absolute Gasteiger partial charge is 0.469 e. The van der Waals surface area contributed by atoms with Crippen LogP contribution in [0.1, 0.15) is 25.0 Å². The fraction of sp³-hybridized carbons (Fsp3) is 0.438. The van der Waals surface area contributed by atoms with Gasteiger partial charge in [0.1, 0.15) is 0 Å². The molecule has 0 aliphatic rings. The second-order valence-electron chi connectivity index (χ2n) is 5.20. The Labute approximate surface area is 130 Å². The summed E-state index contributed by atoms with van der Waals surface area (Å²) in [5, 5.41) is 2.68. The Balaban J connectivity index is 2.63. The molecule has 3 amide bonds. The lowest BCUT2D eigenvalue weighted by atomic mass is 10.1. The van der Waals surface area contributed by atoms with Crippen molar-refractivity contribution in [3.05, 3.63) is 35.4 Å². The number of rotatable bonds is 5. The maximum atomic E-state index is 12.1. The second kappa shape index (κ2) is 8.17. The number of aryl methyl sites for hydroxylation is 1. The van der Waals surface area contributed by atoms with Gasteiger partial charge in [0.15, 0.2) is 0 Å². The predicted octanol–water partition coefficient (Wildman–Crippen LogP) is 1.86. The Morgan fingerprint density at radius 3 is 2.32 bits per heavy atom. The van der Waals surface area contributed by atoms with Crippen LogP contribution in [-0.2, 0) is 20.9 Å². The fourth-order valence-electron chi connectivity index (χ4n) is 1.88. The van der Waals surface area contributed by atoms with E-state index >= 15 is 0 Å². The van der Waals surface area contributed by atoms with E-state index in [1.807, 2.05) is 31.2 Å². The molecule has 0 fully saturated rings. The van der Waals surface area contributed by atoms with Crippen molar-refractivity contribution < 1.29 is 19.1 Å². The molecule has 0 aromatic heterocycles. The number of amides is 3. The monoisotopic (exact) mass is 306 g/mol. The highest BCUT2D eigenvalue weighted by Crippen LogP contribution is 2.06. The van der Waals surface area contributed by atoms with Crippen molar-refractivity contribution in [2.45, 2.75) is 27.3 Å². The molecule has 0 spiro atoms. The number of ether oxygens (including phenoxy) is 1. The lowest BCUT2D eigenvalue weighted by molar-refractivity contribution is -0.145. The van der Waals surface area contributed by atoms with E-state index in [9.17, 15) is 14.4 Å². The Hall–Kier alpha value is -2.37. The average Bonchev–Trinajstić information content (AvgIpc) is 2.50. The summed E-state index contributed by atoms with van der Waals surface area (Å²) in [5.41, 5.74) is 2.07. The molecular formula is C16H22N2O4. The zero-order valence-electron chi connectivity index (χ0n) is 13.4. The summed E-state index contributed by atoms with van der Waals surface area (Å²) in [4.78, 5) is 36.1. The molecule has 1 rings (SSSR count). The van der Waals surface area contributed by atoms with Crippen LogP contribution >= 0.6 is 0 Å². The molecule has 0 aliphatic carbocycles. The smallest absolute Gasteiger partial charge is 0.324 e. The van der Waals surface area contributed by atoms with Crippen LogP contribution in [0.15, 0.2) is 24.3 Å². The Bertz CT molecular complexity index is 540. The molecule has 0 radical (unpaired) electrons. The van der Waals surface area contributed by atoms with Crippen LogP contribution in [0.25, 0.3) is 0 Å². The van der Waals surface area contributed by atoms with Gasteiger partial charge in [0.05, 0.1) is 13.0 Å². The number of urea groups is 1. The lowest BCUT2D eigenvalue weighted by Crippen LogP contribution is -2.45. The standard InChI is InChI=1S/C16H22N2O4/c1-11-5-7-14(8-6-11)9-17-16(21)18(13(3)19)10-12(2)15(20)22-4/h5-8,12H,9-10H2,1-4H3,(H,17,21)/t12-/m0/s1. The topological polar surface area (TPSA) is 75.7 Å². The molecule has 1 atom stereocenters. The van der Waals surface area contributed by atoms with Crippen molar-refractivity contribution in [1.82, 2.24) is 10.2 Å². The third-order valence-corrected chi connectivity index (χ3v) is 3.25. The van der Waals surface area contributed by atoms with E-state index in [4.69, 9.17) is 0 Å². The molecule has 1 aromatic rings. The summed E-state index contributed by atoms with van der Waals surface area (Å²) >= 11 is 0. The van der Waals surface area contributed by atoms with Gasteiger partial charge in [-0.3, -0.25) is 14.5 Å². The first-order chi connectivity index (χ1) is 10.3. The summed E-state index contributed by atoms with van der Waals surface area (Å²) in [7, 11) is 1.27. The van der Waals surface area contributed by atoms with Gasteiger partial charge in [-0.1, -0.05) is 36.8 Å². The van der Waals surface area contributed by atoms with Crippen molar-refractivity contribution in [2.24, 2.45) is 5.92 Å². The van der Waals surface area contributed by atoms with Crippen molar-refractivity contribution in [3.63, 3.8) is 0 Å². The molecular weight excluding hydrogens is 284 g/mol. The molecule has 0 heterocycles. The predicted molar refractivity (Wildman–Crippen MR) is 82.0 cm³/mol. The second-order valence-corrected chi connectivity index (χ2v) is 5.20. The minimum Gasteiger partial charge on any atom is -0.469 e. The zero-order valence-corrected chi connectivity index (χ0v) is 13.4. The van der Waals surface area contributed by atoms with Crippen molar-refractivity contribution in [1.29, 1.82) is 0 Å². The van der Waals surface area contributed by atoms with Crippen LogP contribution in [0.2, 0.25) is 0 Å². The highest BCUT2D eigenvalue weighted by molar-refractivity contribution is 5.93. The van der Waals surface area contributed by atoms with Crippen LogP contribution in [0.4, 0.5) is 4.79 Å². The maximum absolute atomic E-state index is 12.1. The molecule has 22 heavy (non-hydrogen) atoms. The minimum atomic E-state index is -0.570. The molecule has 0 bridgehead atoms. The normalized spacial score (nSPS) is 11.5. The van der Waals surface area contributed by atoms with Gasteiger partial charge in [-0.25, -0.2) is 4.79 Å². The number of hydrogen-bond donors (Lipinski definition) is 1. The first-order valence-corrected chi connectivity index (χ1v) is 7.04. The zero-order chi connectivity index (χ0) is 16.7. The Morgan fingerprint density at radius 2 is 1.82 bits per heavy atom. The van der Waals surface area contributed by atoms with Crippen LogP contribution in [0, 0.1) is 12.8 Å². The van der Waals surface area contributed by atoms with Gasteiger partial charge in [0.25, 0.3) is 0 Å². The Kier molecular flexibility index (Phi) is 6.56. The summed E-state index contributed by atoms with van der Waals surface area (Å²) in [6.45, 7) is 5.18. The Morgan fingerprint density at radius 1 is 1.23 bits per heavy atom. The number of carbonyl (C=O) groups is 3. The van der Waals surface area contributed by atoms with Gasteiger partial charge in [-0.05, 0) is 12.5 Å². The van der Waals surface area contributed by atoms with Crippen molar-refractivity contribution in [3.8, 4) is 0 Å². The summed E-state index contributed by atoms with van der Waals surface area (Å²) in [6, 6.07) is 7.19. The van der Waals surface area contributed by atoms with Gasteiger partial charge in [-0.2, -0.15) is 0 Å². The maximum Gasteiger partial charge on any atom is 0.324 e. The number of imide groups is 1. The molecule has 6 heteroatoms. The minimum absolute atomic E-state index is 0.0122. The van der Waals surface area contributed by atoms with Crippen molar-refractivity contribution >= 4 is 17.9 Å².